The summed E-state index contributed by atoms with van der Waals surface area (Å²) in [7, 11) is 0. The predicted octanol–water partition coefficient (Wildman–Crippen LogP) is 4.94. The molecule has 0 aliphatic heterocycles. The molecule has 0 saturated carbocycles. The van der Waals surface area contributed by atoms with Gasteiger partial charge in [0.15, 0.2) is 16.8 Å². The van der Waals surface area contributed by atoms with E-state index >= 15 is 0 Å². The van der Waals surface area contributed by atoms with Crippen LogP contribution in [-0.4, -0.2) is 31.7 Å². The summed E-state index contributed by atoms with van der Waals surface area (Å²) in [6.45, 7) is 5.97. The number of halogens is 1. The van der Waals surface area contributed by atoms with Gasteiger partial charge in [-0.1, -0.05) is 35.5 Å². The number of nitrogens with one attached hydrogen (secondary N) is 1. The summed E-state index contributed by atoms with van der Waals surface area (Å²) < 4.78 is 1.97. The number of thioether (sulfide) groups is 1. The second kappa shape index (κ2) is 9.24. The molecule has 150 valence electrons. The maximum Gasteiger partial charge on any atom is 0.221 e. The number of nitrogens with zero attached hydrogens (tertiary/aromatic N) is 3. The lowest BCUT2D eigenvalue weighted by atomic mass is 10.1. The molecule has 2 aromatic carbocycles. The average Bonchev–Trinajstić information content (AvgIpc) is 3.10. The van der Waals surface area contributed by atoms with E-state index in [1.807, 2.05) is 42.7 Å². The van der Waals surface area contributed by atoms with Gasteiger partial charge >= 0.3 is 0 Å². The van der Waals surface area contributed by atoms with Crippen LogP contribution in [0, 0.1) is 0 Å². The van der Waals surface area contributed by atoms with Gasteiger partial charge in [0.05, 0.1) is 5.25 Å². The van der Waals surface area contributed by atoms with Crippen molar-refractivity contribution in [1.82, 2.24) is 14.8 Å². The maximum atomic E-state index is 12.8. The van der Waals surface area contributed by atoms with Crippen LogP contribution in [-0.2, 0) is 11.3 Å². The number of hydrogen-bond donors (Lipinski definition) is 1. The van der Waals surface area contributed by atoms with Crippen molar-refractivity contribution in [3.63, 3.8) is 0 Å². The third kappa shape index (κ3) is 5.05. The molecule has 0 aliphatic carbocycles. The van der Waals surface area contributed by atoms with Crippen LogP contribution in [0.3, 0.4) is 0 Å². The Morgan fingerprint density at radius 2 is 1.90 bits per heavy atom. The van der Waals surface area contributed by atoms with Crippen molar-refractivity contribution < 1.29 is 9.59 Å². The molecule has 1 unspecified atom stereocenters. The first-order valence-corrected chi connectivity index (χ1v) is 10.4. The molecule has 1 N–H and O–H groups in total. The molecule has 0 radical (unpaired) electrons. The fourth-order valence-corrected chi connectivity index (χ4v) is 4.05. The molecule has 3 rings (SSSR count). The van der Waals surface area contributed by atoms with E-state index in [2.05, 4.69) is 15.5 Å². The molecule has 0 bridgehead atoms. The Kier molecular flexibility index (Phi) is 6.71. The Morgan fingerprint density at radius 1 is 1.17 bits per heavy atom. The predicted molar refractivity (Wildman–Crippen MR) is 117 cm³/mol. The number of Topliss-reactive ketones (excluding diaryl/α,β-unsaturated/α-hetero) is 1. The number of rotatable bonds is 7. The van der Waals surface area contributed by atoms with E-state index in [1.54, 1.807) is 24.3 Å². The molecule has 1 aromatic heterocycles. The zero-order chi connectivity index (χ0) is 21.0. The number of carbonyl (C=O) groups is 2. The second-order valence-electron chi connectivity index (χ2n) is 6.44. The highest BCUT2D eigenvalue weighted by Gasteiger charge is 2.21. The van der Waals surface area contributed by atoms with Gasteiger partial charge in [0.25, 0.3) is 0 Å². The maximum absolute atomic E-state index is 12.8. The van der Waals surface area contributed by atoms with Crippen LogP contribution in [0.15, 0.2) is 53.7 Å². The lowest BCUT2D eigenvalue weighted by Gasteiger charge is -2.12. The van der Waals surface area contributed by atoms with Crippen molar-refractivity contribution in [1.29, 1.82) is 0 Å². The molecule has 6 nitrogen and oxygen atoms in total. The number of carbonyl (C=O) groups excluding carboxylic acids is 2. The summed E-state index contributed by atoms with van der Waals surface area (Å²) in [5.74, 6) is 0.554. The quantitative estimate of drug-likeness (QED) is 0.426. The molecule has 0 fully saturated rings. The molecule has 3 aromatic rings. The van der Waals surface area contributed by atoms with Gasteiger partial charge in [-0.25, -0.2) is 0 Å². The van der Waals surface area contributed by atoms with Crippen molar-refractivity contribution in [3.05, 3.63) is 59.1 Å². The SMILES string of the molecule is CCn1c(SC(C)C(=O)c2ccc(NC(C)=O)cc2)nnc1-c1cccc(Cl)c1. The summed E-state index contributed by atoms with van der Waals surface area (Å²) in [5.41, 5.74) is 2.12. The van der Waals surface area contributed by atoms with Gasteiger partial charge < -0.3 is 9.88 Å². The first-order chi connectivity index (χ1) is 13.9. The molecule has 1 heterocycles. The second-order valence-corrected chi connectivity index (χ2v) is 8.19. The Bertz CT molecular complexity index is 1030. The first-order valence-electron chi connectivity index (χ1n) is 9.16. The number of hydrogen-bond acceptors (Lipinski definition) is 5. The highest BCUT2D eigenvalue weighted by Crippen LogP contribution is 2.29. The van der Waals surface area contributed by atoms with Gasteiger partial charge in [0.2, 0.25) is 5.91 Å². The summed E-state index contributed by atoms with van der Waals surface area (Å²) in [6, 6.07) is 14.3. The zero-order valence-electron chi connectivity index (χ0n) is 16.3. The standard InChI is InChI=1S/C21H21ClN4O2S/c1-4-26-20(16-6-5-7-17(22)12-16)24-25-21(26)29-13(2)19(28)15-8-10-18(11-9-15)23-14(3)27/h5-13H,4H2,1-3H3,(H,23,27). The fraction of sp³-hybridized carbons (Fsp3) is 0.238. The molecule has 0 aliphatic rings. The van der Waals surface area contributed by atoms with Crippen molar-refractivity contribution in [2.75, 3.05) is 5.32 Å². The molecule has 8 heteroatoms. The fourth-order valence-electron chi connectivity index (χ4n) is 2.87. The third-order valence-electron chi connectivity index (χ3n) is 4.26. The van der Waals surface area contributed by atoms with Gasteiger partial charge in [-0.3, -0.25) is 9.59 Å². The van der Waals surface area contributed by atoms with Gasteiger partial charge in [-0.05, 0) is 50.2 Å². The van der Waals surface area contributed by atoms with Crippen LogP contribution in [0.4, 0.5) is 5.69 Å². The van der Waals surface area contributed by atoms with Crippen LogP contribution in [0.2, 0.25) is 5.02 Å². The van der Waals surface area contributed by atoms with E-state index in [0.717, 1.165) is 11.4 Å². The Morgan fingerprint density at radius 3 is 2.52 bits per heavy atom. The van der Waals surface area contributed by atoms with Crippen LogP contribution in [0.1, 0.15) is 31.1 Å². The third-order valence-corrected chi connectivity index (χ3v) is 5.57. The molecule has 0 spiro atoms. The van der Waals surface area contributed by atoms with Crippen molar-refractivity contribution in [3.8, 4) is 11.4 Å². The molecular weight excluding hydrogens is 408 g/mol. The van der Waals surface area contributed by atoms with Crippen LogP contribution >= 0.6 is 23.4 Å². The zero-order valence-corrected chi connectivity index (χ0v) is 17.9. The summed E-state index contributed by atoms with van der Waals surface area (Å²) >= 11 is 7.47. The van der Waals surface area contributed by atoms with E-state index in [9.17, 15) is 9.59 Å². The monoisotopic (exact) mass is 428 g/mol. The topological polar surface area (TPSA) is 76.9 Å². The summed E-state index contributed by atoms with van der Waals surface area (Å²) in [4.78, 5) is 23.9. The number of amides is 1. The Balaban J connectivity index is 1.77. The Hall–Kier alpha value is -2.64. The number of aromatic nitrogens is 3. The largest absolute Gasteiger partial charge is 0.326 e. The number of ketones is 1. The van der Waals surface area contributed by atoms with Crippen molar-refractivity contribution in [2.45, 2.75) is 37.7 Å². The van der Waals surface area contributed by atoms with Gasteiger partial charge in [0.1, 0.15) is 0 Å². The van der Waals surface area contributed by atoms with Gasteiger partial charge in [-0.2, -0.15) is 0 Å². The highest BCUT2D eigenvalue weighted by atomic mass is 35.5. The van der Waals surface area contributed by atoms with Gasteiger partial charge in [-0.15, -0.1) is 10.2 Å². The summed E-state index contributed by atoms with van der Waals surface area (Å²) in [6.07, 6.45) is 0. The highest BCUT2D eigenvalue weighted by molar-refractivity contribution is 8.00. The van der Waals surface area contributed by atoms with E-state index in [4.69, 9.17) is 11.6 Å². The number of benzene rings is 2. The Labute approximate surface area is 178 Å². The molecular formula is C21H21ClN4O2S. The first kappa shape index (κ1) is 21.1. The molecule has 29 heavy (non-hydrogen) atoms. The van der Waals surface area contributed by atoms with Crippen LogP contribution < -0.4 is 5.32 Å². The van der Waals surface area contributed by atoms with E-state index in [-0.39, 0.29) is 16.9 Å². The van der Waals surface area contributed by atoms with Crippen LogP contribution in [0.5, 0.6) is 0 Å². The molecule has 1 atom stereocenters. The molecule has 1 amide bonds. The number of anilines is 1. The smallest absolute Gasteiger partial charge is 0.221 e. The van der Waals surface area contributed by atoms with E-state index in [1.165, 1.54) is 18.7 Å². The average molecular weight is 429 g/mol. The van der Waals surface area contributed by atoms with Gasteiger partial charge in [0, 0.05) is 35.3 Å². The van der Waals surface area contributed by atoms with E-state index < -0.39 is 0 Å². The minimum atomic E-state index is -0.344. The lowest BCUT2D eigenvalue weighted by Crippen LogP contribution is -2.15. The van der Waals surface area contributed by atoms with E-state index in [0.29, 0.717) is 28.0 Å². The minimum Gasteiger partial charge on any atom is -0.326 e. The lowest BCUT2D eigenvalue weighted by molar-refractivity contribution is -0.114. The van der Waals surface area contributed by atoms with Crippen molar-refractivity contribution >= 4 is 40.7 Å². The molecule has 0 saturated heterocycles. The summed E-state index contributed by atoms with van der Waals surface area (Å²) in [5, 5.41) is 12.3. The normalized spacial score (nSPS) is 11.9. The van der Waals surface area contributed by atoms with Crippen molar-refractivity contribution in [2.24, 2.45) is 0 Å². The minimum absolute atomic E-state index is 0.0145. The van der Waals surface area contributed by atoms with Crippen LogP contribution in [0.25, 0.3) is 11.4 Å².